The van der Waals surface area contributed by atoms with Gasteiger partial charge in [0.2, 0.25) is 0 Å². The van der Waals surface area contributed by atoms with Crippen LogP contribution >= 0.6 is 0 Å². The van der Waals surface area contributed by atoms with E-state index in [2.05, 4.69) is 67.6 Å². The minimum absolute atomic E-state index is 0.538. The van der Waals surface area contributed by atoms with E-state index in [0.29, 0.717) is 5.92 Å². The lowest BCUT2D eigenvalue weighted by Gasteiger charge is -2.32. The average molecular weight is 244 g/mol. The van der Waals surface area contributed by atoms with Crippen LogP contribution in [0.25, 0.3) is 16.7 Å². The quantitative estimate of drug-likeness (QED) is 0.598. The molecule has 2 aliphatic rings. The number of hydrogen-bond donors (Lipinski definition) is 0. The number of rotatable bonds is 0. The first-order valence-corrected chi connectivity index (χ1v) is 6.90. The Bertz CT molecular complexity index is 716. The van der Waals surface area contributed by atoms with Crippen molar-refractivity contribution in [2.75, 3.05) is 0 Å². The molecule has 19 heavy (non-hydrogen) atoms. The highest BCUT2D eigenvalue weighted by atomic mass is 14.3. The van der Waals surface area contributed by atoms with Crippen molar-refractivity contribution in [1.82, 2.24) is 0 Å². The van der Waals surface area contributed by atoms with Gasteiger partial charge in [0.25, 0.3) is 0 Å². The second kappa shape index (κ2) is 3.96. The van der Waals surface area contributed by atoms with Crippen molar-refractivity contribution in [1.29, 1.82) is 0 Å². The van der Waals surface area contributed by atoms with E-state index in [4.69, 9.17) is 0 Å². The molecule has 0 aliphatic heterocycles. The summed E-state index contributed by atoms with van der Waals surface area (Å²) in [6.07, 6.45) is 5.74. The predicted molar refractivity (Wildman–Crippen MR) is 81.0 cm³/mol. The molecule has 0 nitrogen and oxygen atoms in total. The molecule has 0 fully saturated rings. The largest absolute Gasteiger partial charge is 0.0724 e. The van der Waals surface area contributed by atoms with Crippen molar-refractivity contribution < 1.29 is 0 Å². The van der Waals surface area contributed by atoms with Crippen molar-refractivity contribution in [3.05, 3.63) is 77.4 Å². The van der Waals surface area contributed by atoms with E-state index < -0.39 is 0 Å². The van der Waals surface area contributed by atoms with Crippen LogP contribution in [0.5, 0.6) is 0 Å². The van der Waals surface area contributed by atoms with Gasteiger partial charge in [-0.15, -0.1) is 0 Å². The SMILES string of the molecule is CC1=CC=C2c3ccccc3-c3ccccc3C2C1. The molecular weight excluding hydrogens is 228 g/mol. The van der Waals surface area contributed by atoms with Crippen LogP contribution in [0.1, 0.15) is 30.4 Å². The molecule has 2 aliphatic carbocycles. The third-order valence-corrected chi connectivity index (χ3v) is 4.31. The lowest BCUT2D eigenvalue weighted by molar-refractivity contribution is 0.827. The monoisotopic (exact) mass is 244 g/mol. The molecule has 0 heterocycles. The van der Waals surface area contributed by atoms with Gasteiger partial charge in [0.1, 0.15) is 0 Å². The molecule has 1 atom stereocenters. The summed E-state index contributed by atoms with van der Waals surface area (Å²) in [5.41, 5.74) is 8.65. The Labute approximate surface area is 114 Å². The van der Waals surface area contributed by atoms with E-state index in [1.54, 1.807) is 0 Å². The number of allylic oxidation sites excluding steroid dienone is 4. The summed E-state index contributed by atoms with van der Waals surface area (Å²) in [5, 5.41) is 0. The van der Waals surface area contributed by atoms with Gasteiger partial charge in [0, 0.05) is 5.92 Å². The summed E-state index contributed by atoms with van der Waals surface area (Å²) < 4.78 is 0. The molecule has 0 N–H and O–H groups in total. The van der Waals surface area contributed by atoms with Gasteiger partial charge in [-0.1, -0.05) is 66.3 Å². The van der Waals surface area contributed by atoms with Gasteiger partial charge in [-0.3, -0.25) is 0 Å². The van der Waals surface area contributed by atoms with Crippen molar-refractivity contribution in [3.8, 4) is 11.1 Å². The zero-order valence-electron chi connectivity index (χ0n) is 11.1. The molecule has 0 bridgehead atoms. The Morgan fingerprint density at radius 2 is 1.47 bits per heavy atom. The van der Waals surface area contributed by atoms with E-state index in [1.165, 1.54) is 33.4 Å². The van der Waals surface area contributed by atoms with Gasteiger partial charge >= 0.3 is 0 Å². The maximum absolute atomic E-state index is 2.32. The van der Waals surface area contributed by atoms with Crippen molar-refractivity contribution in [3.63, 3.8) is 0 Å². The Kier molecular flexibility index (Phi) is 2.25. The van der Waals surface area contributed by atoms with E-state index in [1.807, 2.05) is 0 Å². The van der Waals surface area contributed by atoms with Crippen LogP contribution in [0.3, 0.4) is 0 Å². The average Bonchev–Trinajstić information content (AvgIpc) is 2.47. The highest BCUT2D eigenvalue weighted by Gasteiger charge is 2.29. The highest BCUT2D eigenvalue weighted by molar-refractivity contribution is 5.91. The molecule has 0 amide bonds. The maximum Gasteiger partial charge on any atom is 0.0139 e. The molecule has 1 unspecified atom stereocenters. The fourth-order valence-electron chi connectivity index (χ4n) is 3.42. The van der Waals surface area contributed by atoms with E-state index in [0.717, 1.165) is 6.42 Å². The first-order valence-electron chi connectivity index (χ1n) is 6.90. The summed E-state index contributed by atoms with van der Waals surface area (Å²) in [6, 6.07) is 17.7. The van der Waals surface area contributed by atoms with E-state index in [9.17, 15) is 0 Å². The molecule has 0 spiro atoms. The van der Waals surface area contributed by atoms with E-state index >= 15 is 0 Å². The second-order valence-electron chi connectivity index (χ2n) is 5.52. The zero-order chi connectivity index (χ0) is 12.8. The van der Waals surface area contributed by atoms with Crippen LogP contribution in [-0.2, 0) is 0 Å². The van der Waals surface area contributed by atoms with Gasteiger partial charge in [-0.05, 0) is 41.2 Å². The Morgan fingerprint density at radius 1 is 0.789 bits per heavy atom. The Hall–Kier alpha value is -2.08. The molecule has 0 aromatic heterocycles. The topological polar surface area (TPSA) is 0 Å². The molecule has 2 aromatic rings. The summed E-state index contributed by atoms with van der Waals surface area (Å²) in [6.45, 7) is 2.23. The summed E-state index contributed by atoms with van der Waals surface area (Å²) >= 11 is 0. The third kappa shape index (κ3) is 1.53. The minimum Gasteiger partial charge on any atom is -0.0724 e. The minimum atomic E-state index is 0.538. The first-order chi connectivity index (χ1) is 9.34. The molecule has 0 radical (unpaired) electrons. The predicted octanol–water partition coefficient (Wildman–Crippen LogP) is 5.18. The van der Waals surface area contributed by atoms with Crippen LogP contribution in [0.2, 0.25) is 0 Å². The van der Waals surface area contributed by atoms with Gasteiger partial charge in [-0.25, -0.2) is 0 Å². The maximum atomic E-state index is 2.32. The number of fused-ring (bicyclic) bond motifs is 6. The molecule has 2 aromatic carbocycles. The van der Waals surface area contributed by atoms with Gasteiger partial charge in [0.15, 0.2) is 0 Å². The molecule has 0 saturated heterocycles. The normalized spacial score (nSPS) is 19.7. The lowest BCUT2D eigenvalue weighted by atomic mass is 9.71. The van der Waals surface area contributed by atoms with Crippen LogP contribution in [0, 0.1) is 0 Å². The van der Waals surface area contributed by atoms with Crippen molar-refractivity contribution in [2.45, 2.75) is 19.3 Å². The molecule has 4 rings (SSSR count). The van der Waals surface area contributed by atoms with Gasteiger partial charge in [0.05, 0.1) is 0 Å². The lowest BCUT2D eigenvalue weighted by Crippen LogP contribution is -2.12. The van der Waals surface area contributed by atoms with Crippen LogP contribution in [-0.4, -0.2) is 0 Å². The summed E-state index contributed by atoms with van der Waals surface area (Å²) in [5.74, 6) is 0.538. The number of hydrogen-bond acceptors (Lipinski definition) is 0. The second-order valence-corrected chi connectivity index (χ2v) is 5.52. The van der Waals surface area contributed by atoms with Crippen molar-refractivity contribution >= 4 is 5.57 Å². The van der Waals surface area contributed by atoms with Crippen LogP contribution in [0.15, 0.2) is 66.3 Å². The highest BCUT2D eigenvalue weighted by Crippen LogP contribution is 2.49. The summed E-state index contributed by atoms with van der Waals surface area (Å²) in [7, 11) is 0. The van der Waals surface area contributed by atoms with Gasteiger partial charge in [-0.2, -0.15) is 0 Å². The van der Waals surface area contributed by atoms with Crippen LogP contribution < -0.4 is 0 Å². The first kappa shape index (κ1) is 10.8. The molecule has 0 saturated carbocycles. The molecule has 92 valence electrons. The zero-order valence-corrected chi connectivity index (χ0v) is 11.1. The standard InChI is InChI=1S/C19H16/c1-13-10-11-18-16-8-3-2-6-14(16)15-7-4-5-9-17(15)19(18)12-13/h2-11,19H,12H2,1H3. The van der Waals surface area contributed by atoms with E-state index in [-0.39, 0.29) is 0 Å². The molecular formula is C19H16. The summed E-state index contributed by atoms with van der Waals surface area (Å²) in [4.78, 5) is 0. The van der Waals surface area contributed by atoms with Crippen molar-refractivity contribution in [2.24, 2.45) is 0 Å². The Balaban J connectivity index is 2.06. The molecule has 0 heteroatoms. The smallest absolute Gasteiger partial charge is 0.0139 e. The third-order valence-electron chi connectivity index (χ3n) is 4.31. The van der Waals surface area contributed by atoms with Crippen LogP contribution in [0.4, 0.5) is 0 Å². The van der Waals surface area contributed by atoms with Gasteiger partial charge < -0.3 is 0 Å². The Morgan fingerprint density at radius 3 is 2.32 bits per heavy atom. The fraction of sp³-hybridized carbons (Fsp3) is 0.158. The number of benzene rings is 2. The fourth-order valence-corrected chi connectivity index (χ4v) is 3.42.